The predicted octanol–water partition coefficient (Wildman–Crippen LogP) is 2.74. The highest BCUT2D eigenvalue weighted by Crippen LogP contribution is 2.36. The Morgan fingerprint density at radius 1 is 0.889 bits per heavy atom. The van der Waals surface area contributed by atoms with Crippen molar-refractivity contribution in [2.24, 2.45) is 15.4 Å². The number of fused-ring (bicyclic) bond motifs is 3. The molecule has 3 aromatic rings. The Balaban J connectivity index is 1.98. The summed E-state index contributed by atoms with van der Waals surface area (Å²) in [5, 5.41) is 14.0. The summed E-state index contributed by atoms with van der Waals surface area (Å²) in [5.41, 5.74) is 9.23. The second kappa shape index (κ2) is 5.53. The molecular formula is C20H20BN5O. The SMILES string of the molecule is COB1n2c(C)cc(C)c2C(=c2ccc3c(c2)N=NN=3)c2c(C)cc(C)n21. The van der Waals surface area contributed by atoms with Gasteiger partial charge in [-0.3, -0.25) is 0 Å². The van der Waals surface area contributed by atoms with Crippen molar-refractivity contribution in [3.63, 3.8) is 0 Å². The van der Waals surface area contributed by atoms with Gasteiger partial charge in [-0.25, -0.2) is 0 Å². The third-order valence-corrected chi connectivity index (χ3v) is 5.53. The molecular weight excluding hydrogens is 337 g/mol. The fraction of sp³-hybridized carbons (Fsp3) is 0.250. The first-order valence-corrected chi connectivity index (χ1v) is 9.04. The average Bonchev–Trinajstić information content (AvgIpc) is 3.31. The topological polar surface area (TPSA) is 56.2 Å². The minimum absolute atomic E-state index is 0.190. The van der Waals surface area contributed by atoms with E-state index in [0.717, 1.165) is 16.3 Å². The van der Waals surface area contributed by atoms with Crippen molar-refractivity contribution in [2.45, 2.75) is 27.7 Å². The van der Waals surface area contributed by atoms with Gasteiger partial charge in [0.1, 0.15) is 11.0 Å². The van der Waals surface area contributed by atoms with Crippen molar-refractivity contribution < 1.29 is 4.65 Å². The van der Waals surface area contributed by atoms with Crippen LogP contribution in [-0.2, 0) is 4.65 Å². The molecule has 0 aliphatic carbocycles. The van der Waals surface area contributed by atoms with Crippen molar-refractivity contribution in [3.8, 4) is 0 Å². The van der Waals surface area contributed by atoms with Crippen LogP contribution in [0.15, 0.2) is 45.8 Å². The molecule has 0 spiro atoms. The zero-order valence-corrected chi connectivity index (χ0v) is 16.1. The Hall–Kier alpha value is -2.93. The van der Waals surface area contributed by atoms with Gasteiger partial charge in [0.15, 0.2) is 0 Å². The van der Waals surface area contributed by atoms with E-state index >= 15 is 0 Å². The molecule has 0 fully saturated rings. The molecule has 0 radical (unpaired) electrons. The maximum atomic E-state index is 5.95. The number of rotatable bonds is 1. The summed E-state index contributed by atoms with van der Waals surface area (Å²) in [6, 6.07) is 10.6. The van der Waals surface area contributed by atoms with Crippen molar-refractivity contribution >= 4 is 18.4 Å². The van der Waals surface area contributed by atoms with Crippen LogP contribution in [0.5, 0.6) is 0 Å². The highest BCUT2D eigenvalue weighted by molar-refractivity contribution is 6.50. The van der Waals surface area contributed by atoms with E-state index in [4.69, 9.17) is 4.65 Å². The molecule has 2 aromatic heterocycles. The van der Waals surface area contributed by atoms with Crippen LogP contribution in [-0.4, -0.2) is 23.3 Å². The van der Waals surface area contributed by atoms with Crippen molar-refractivity contribution in [1.29, 1.82) is 0 Å². The van der Waals surface area contributed by atoms with Crippen molar-refractivity contribution in [2.75, 3.05) is 7.11 Å². The fourth-order valence-corrected chi connectivity index (χ4v) is 4.51. The average molecular weight is 357 g/mol. The molecule has 2 aliphatic rings. The van der Waals surface area contributed by atoms with Crippen LogP contribution in [0.3, 0.4) is 0 Å². The molecule has 27 heavy (non-hydrogen) atoms. The monoisotopic (exact) mass is 357 g/mol. The van der Waals surface area contributed by atoms with Crippen molar-refractivity contribution in [1.82, 2.24) is 8.96 Å². The number of aromatic nitrogens is 2. The fourth-order valence-electron chi connectivity index (χ4n) is 4.51. The Bertz CT molecular complexity index is 1210. The van der Waals surface area contributed by atoms with Crippen LogP contribution in [0.4, 0.5) is 5.69 Å². The second-order valence-corrected chi connectivity index (χ2v) is 7.30. The zero-order valence-electron chi connectivity index (χ0n) is 16.1. The van der Waals surface area contributed by atoms with Gasteiger partial charge in [0.25, 0.3) is 0 Å². The van der Waals surface area contributed by atoms with Gasteiger partial charge >= 0.3 is 7.19 Å². The molecule has 4 heterocycles. The van der Waals surface area contributed by atoms with Crippen LogP contribution in [0, 0.1) is 27.7 Å². The largest absolute Gasteiger partial charge is 0.557 e. The number of aryl methyl sites for hydroxylation is 4. The maximum Gasteiger partial charge on any atom is 0.557 e. The van der Waals surface area contributed by atoms with Gasteiger partial charge in [-0.2, -0.15) is 0 Å². The van der Waals surface area contributed by atoms with Crippen LogP contribution >= 0.6 is 0 Å². The third kappa shape index (κ3) is 2.09. The molecule has 0 N–H and O–H groups in total. The molecule has 1 aromatic carbocycles. The first-order chi connectivity index (χ1) is 13.0. The Kier molecular flexibility index (Phi) is 3.33. The molecule has 2 aliphatic heterocycles. The van der Waals surface area contributed by atoms with Crippen molar-refractivity contribution in [3.05, 3.63) is 74.8 Å². The summed E-state index contributed by atoms with van der Waals surface area (Å²) >= 11 is 0. The predicted molar refractivity (Wildman–Crippen MR) is 105 cm³/mol. The van der Waals surface area contributed by atoms with Crippen LogP contribution in [0.1, 0.15) is 33.9 Å². The van der Waals surface area contributed by atoms with Gasteiger partial charge < -0.3 is 13.6 Å². The normalized spacial score (nSPS) is 14.3. The smallest absolute Gasteiger partial charge is 0.400 e. The second-order valence-electron chi connectivity index (χ2n) is 7.30. The van der Waals surface area contributed by atoms with Gasteiger partial charge in [-0.1, -0.05) is 6.07 Å². The molecule has 0 saturated heterocycles. The van der Waals surface area contributed by atoms with Gasteiger partial charge in [0.2, 0.25) is 0 Å². The number of nitrogens with zero attached hydrogens (tertiary/aromatic N) is 5. The van der Waals surface area contributed by atoms with Crippen LogP contribution < -0.4 is 10.6 Å². The molecule has 5 rings (SSSR count). The summed E-state index contributed by atoms with van der Waals surface area (Å²) in [7, 11) is 1.58. The molecule has 0 atom stereocenters. The summed E-state index contributed by atoms with van der Waals surface area (Å²) in [6.45, 7) is 8.59. The van der Waals surface area contributed by atoms with E-state index in [-0.39, 0.29) is 7.19 Å². The van der Waals surface area contributed by atoms with Crippen LogP contribution in [0.25, 0.3) is 5.57 Å². The molecule has 0 unspecified atom stereocenters. The quantitative estimate of drug-likeness (QED) is 0.618. The Labute approximate surface area is 157 Å². The Morgan fingerprint density at radius 3 is 2.11 bits per heavy atom. The van der Waals surface area contributed by atoms with E-state index in [0.29, 0.717) is 0 Å². The minimum Gasteiger partial charge on any atom is -0.400 e. The van der Waals surface area contributed by atoms with Gasteiger partial charge in [0.05, 0.1) is 0 Å². The van der Waals surface area contributed by atoms with E-state index in [9.17, 15) is 0 Å². The molecule has 134 valence electrons. The lowest BCUT2D eigenvalue weighted by Gasteiger charge is -2.30. The molecule has 0 saturated carbocycles. The first kappa shape index (κ1) is 16.3. The van der Waals surface area contributed by atoms with E-state index in [2.05, 4.69) is 76.4 Å². The Morgan fingerprint density at radius 2 is 1.52 bits per heavy atom. The highest BCUT2D eigenvalue weighted by Gasteiger charge is 2.38. The van der Waals surface area contributed by atoms with E-state index < -0.39 is 0 Å². The van der Waals surface area contributed by atoms with Gasteiger partial charge in [-0.05, 0) is 73.5 Å². The standard InChI is InChI=1S/C20H20BN5O/c1-11-8-13(3)25-19(11)18(15-6-7-16-17(10-15)23-24-22-16)20-12(2)9-14(4)26(20)21(25)27-5/h6-10H,1-5H3. The lowest BCUT2D eigenvalue weighted by atomic mass is 9.87. The molecule has 0 bridgehead atoms. The third-order valence-electron chi connectivity index (χ3n) is 5.53. The van der Waals surface area contributed by atoms with Crippen LogP contribution in [0.2, 0.25) is 0 Å². The number of benzene rings is 1. The lowest BCUT2D eigenvalue weighted by molar-refractivity contribution is 0.396. The van der Waals surface area contributed by atoms with Gasteiger partial charge in [0, 0.05) is 35.5 Å². The highest BCUT2D eigenvalue weighted by atomic mass is 16.4. The van der Waals surface area contributed by atoms with Gasteiger partial charge in [-0.15, -0.1) is 10.2 Å². The maximum absolute atomic E-state index is 5.95. The van der Waals surface area contributed by atoms with E-state index in [1.165, 1.54) is 39.5 Å². The van der Waals surface area contributed by atoms with E-state index in [1.54, 1.807) is 7.11 Å². The lowest BCUT2D eigenvalue weighted by Crippen LogP contribution is -2.43. The zero-order chi connectivity index (χ0) is 18.9. The van der Waals surface area contributed by atoms with E-state index in [1.807, 2.05) is 6.07 Å². The summed E-state index contributed by atoms with van der Waals surface area (Å²) in [4.78, 5) is 0. The first-order valence-electron chi connectivity index (χ1n) is 9.04. The molecule has 6 nitrogen and oxygen atoms in total. The summed E-state index contributed by atoms with van der Waals surface area (Å²) in [5.74, 6) is 0. The summed E-state index contributed by atoms with van der Waals surface area (Å²) < 4.78 is 10.5. The molecule has 7 heteroatoms. The molecule has 0 amide bonds. The number of hydrogen-bond acceptors (Lipinski definition) is 4. The summed E-state index contributed by atoms with van der Waals surface area (Å²) in [6.07, 6.45) is 0. The minimum atomic E-state index is -0.190. The number of hydrogen-bond donors (Lipinski definition) is 0.